The second kappa shape index (κ2) is 7.81. The first kappa shape index (κ1) is 19.9. The minimum Gasteiger partial charge on any atom is -0.302 e. The first-order valence-corrected chi connectivity index (χ1v) is 11.7. The maximum atomic E-state index is 12.7. The Kier molecular flexibility index (Phi) is 5.37. The third kappa shape index (κ3) is 4.03. The van der Waals surface area contributed by atoms with Gasteiger partial charge < -0.3 is 5.32 Å². The van der Waals surface area contributed by atoms with E-state index in [1.165, 1.54) is 27.9 Å². The highest BCUT2D eigenvalue weighted by Gasteiger charge is 2.32. The highest BCUT2D eigenvalue weighted by Crippen LogP contribution is 2.31. The largest absolute Gasteiger partial charge is 0.302 e. The average molecular weight is 431 g/mol. The summed E-state index contributed by atoms with van der Waals surface area (Å²) < 4.78 is 27.9. The van der Waals surface area contributed by atoms with Crippen molar-refractivity contribution >= 4 is 42.6 Å². The number of aromatic nitrogens is 2. The highest BCUT2D eigenvalue weighted by atomic mass is 32.2. The lowest BCUT2D eigenvalue weighted by molar-refractivity contribution is -0.120. The maximum Gasteiger partial charge on any atom is 0.244 e. The molecule has 1 aromatic carbocycles. The number of nitrogens with zero attached hydrogens (tertiary/aromatic N) is 3. The molecule has 1 aliphatic rings. The molecule has 9 heteroatoms. The van der Waals surface area contributed by atoms with Crippen molar-refractivity contribution in [3.8, 4) is 0 Å². The van der Waals surface area contributed by atoms with Crippen LogP contribution >= 0.6 is 11.3 Å². The second-order valence-corrected chi connectivity index (χ2v) is 10.2. The molecule has 2 aromatic heterocycles. The van der Waals surface area contributed by atoms with Crippen LogP contribution in [0.25, 0.3) is 10.2 Å². The Balaban J connectivity index is 1.41. The fraction of sp³-hybridized carbons (Fsp3) is 0.350. The van der Waals surface area contributed by atoms with Gasteiger partial charge in [0, 0.05) is 31.4 Å². The maximum absolute atomic E-state index is 12.7. The number of hydrogen-bond acceptors (Lipinski definition) is 6. The van der Waals surface area contributed by atoms with Gasteiger partial charge in [-0.25, -0.2) is 13.4 Å². The Morgan fingerprint density at radius 2 is 2.00 bits per heavy atom. The highest BCUT2D eigenvalue weighted by molar-refractivity contribution is 7.89. The molecule has 0 spiro atoms. The second-order valence-electron chi connectivity index (χ2n) is 7.31. The van der Waals surface area contributed by atoms with Crippen LogP contribution in [0.4, 0.5) is 5.13 Å². The molecular weight excluding hydrogens is 408 g/mol. The number of aryl methyl sites for hydroxylation is 2. The number of sulfonamides is 1. The molecule has 0 atom stereocenters. The lowest BCUT2D eigenvalue weighted by Gasteiger charge is -2.30. The molecule has 4 rings (SSSR count). The number of thiazole rings is 1. The summed E-state index contributed by atoms with van der Waals surface area (Å²) >= 11 is 1.47. The van der Waals surface area contributed by atoms with Crippen molar-refractivity contribution < 1.29 is 13.2 Å². The van der Waals surface area contributed by atoms with E-state index >= 15 is 0 Å². The van der Waals surface area contributed by atoms with Crippen molar-refractivity contribution in [1.82, 2.24) is 14.3 Å². The van der Waals surface area contributed by atoms with E-state index in [-0.39, 0.29) is 16.7 Å². The van der Waals surface area contributed by atoms with E-state index in [0.29, 0.717) is 31.1 Å². The number of carbonyl (C=O) groups excluding carboxylic acids is 1. The SMILES string of the molecule is Cc1cc(C)c2sc(NC(=O)C3CCN(S(=O)(=O)c4cccnc4)CC3)nc2c1. The number of anilines is 1. The summed E-state index contributed by atoms with van der Waals surface area (Å²) in [7, 11) is -3.57. The zero-order valence-corrected chi connectivity index (χ0v) is 17.9. The standard InChI is InChI=1S/C20H22N4O3S2/c1-13-10-14(2)18-17(11-13)22-20(28-18)23-19(25)15-5-8-24(9-6-15)29(26,27)16-4-3-7-21-12-16/h3-4,7,10-12,15H,5-6,8-9H2,1-2H3,(H,22,23,25). The predicted octanol–water partition coefficient (Wildman–Crippen LogP) is 3.35. The van der Waals surface area contributed by atoms with E-state index in [4.69, 9.17) is 0 Å². The van der Waals surface area contributed by atoms with E-state index in [1.807, 2.05) is 19.9 Å². The van der Waals surface area contributed by atoms with Crippen LogP contribution in [-0.4, -0.2) is 41.7 Å². The van der Waals surface area contributed by atoms with Crippen molar-refractivity contribution in [1.29, 1.82) is 0 Å². The Hall–Kier alpha value is -2.36. The summed E-state index contributed by atoms with van der Waals surface area (Å²) in [6.07, 6.45) is 3.86. The normalized spacial score (nSPS) is 16.2. The molecule has 152 valence electrons. The van der Waals surface area contributed by atoms with Crippen LogP contribution in [0.15, 0.2) is 41.6 Å². The van der Waals surface area contributed by atoms with Crippen LogP contribution < -0.4 is 5.32 Å². The Morgan fingerprint density at radius 3 is 2.69 bits per heavy atom. The lowest BCUT2D eigenvalue weighted by atomic mass is 9.97. The topological polar surface area (TPSA) is 92.3 Å². The molecule has 0 saturated carbocycles. The summed E-state index contributed by atoms with van der Waals surface area (Å²) in [4.78, 5) is 21.3. The molecule has 1 saturated heterocycles. The number of piperidine rings is 1. The van der Waals surface area contributed by atoms with Gasteiger partial charge in [0.05, 0.1) is 10.2 Å². The number of amides is 1. The van der Waals surface area contributed by atoms with E-state index in [0.717, 1.165) is 21.3 Å². The fourth-order valence-corrected chi connectivity index (χ4v) is 6.00. The van der Waals surface area contributed by atoms with Gasteiger partial charge in [0.15, 0.2) is 5.13 Å². The molecule has 1 N–H and O–H groups in total. The van der Waals surface area contributed by atoms with Gasteiger partial charge in [0.25, 0.3) is 0 Å². The van der Waals surface area contributed by atoms with Crippen LogP contribution in [0.3, 0.4) is 0 Å². The number of benzene rings is 1. The number of hydrogen-bond donors (Lipinski definition) is 1. The number of pyridine rings is 1. The first-order chi connectivity index (χ1) is 13.8. The summed E-state index contributed by atoms with van der Waals surface area (Å²) in [5, 5.41) is 3.51. The first-order valence-electron chi connectivity index (χ1n) is 9.43. The Bertz CT molecular complexity index is 1150. The van der Waals surface area contributed by atoms with E-state index in [1.54, 1.807) is 12.3 Å². The van der Waals surface area contributed by atoms with Crippen LogP contribution in [-0.2, 0) is 14.8 Å². The molecule has 0 bridgehead atoms. The molecule has 1 fully saturated rings. The van der Waals surface area contributed by atoms with Crippen molar-refractivity contribution in [3.63, 3.8) is 0 Å². The molecule has 3 heterocycles. The summed E-state index contributed by atoms with van der Waals surface area (Å²) in [6.45, 7) is 4.69. The van der Waals surface area contributed by atoms with Gasteiger partial charge in [-0.2, -0.15) is 4.31 Å². The molecule has 1 aliphatic heterocycles. The minimum absolute atomic E-state index is 0.100. The number of carbonyl (C=O) groups is 1. The van der Waals surface area contributed by atoms with Gasteiger partial charge in [0.2, 0.25) is 15.9 Å². The van der Waals surface area contributed by atoms with Crippen molar-refractivity contribution in [2.75, 3.05) is 18.4 Å². The van der Waals surface area contributed by atoms with Crippen molar-refractivity contribution in [2.45, 2.75) is 31.6 Å². The van der Waals surface area contributed by atoms with E-state index < -0.39 is 10.0 Å². The van der Waals surface area contributed by atoms with Crippen LogP contribution in [0.2, 0.25) is 0 Å². The van der Waals surface area contributed by atoms with E-state index in [2.05, 4.69) is 21.4 Å². The Morgan fingerprint density at radius 1 is 1.24 bits per heavy atom. The molecule has 0 aliphatic carbocycles. The van der Waals surface area contributed by atoms with Crippen LogP contribution in [0.1, 0.15) is 24.0 Å². The minimum atomic E-state index is -3.57. The summed E-state index contributed by atoms with van der Waals surface area (Å²) in [5.74, 6) is -0.331. The van der Waals surface area contributed by atoms with Gasteiger partial charge in [-0.1, -0.05) is 17.4 Å². The molecule has 7 nitrogen and oxygen atoms in total. The summed E-state index contributed by atoms with van der Waals surface area (Å²) in [6, 6.07) is 7.26. The van der Waals surface area contributed by atoms with Gasteiger partial charge in [-0.05, 0) is 56.0 Å². The lowest BCUT2D eigenvalue weighted by Crippen LogP contribution is -2.41. The molecule has 1 amide bonds. The van der Waals surface area contributed by atoms with Crippen molar-refractivity contribution in [3.05, 3.63) is 47.8 Å². The van der Waals surface area contributed by atoms with Crippen molar-refractivity contribution in [2.24, 2.45) is 5.92 Å². The quantitative estimate of drug-likeness (QED) is 0.685. The van der Waals surface area contributed by atoms with Crippen LogP contribution in [0.5, 0.6) is 0 Å². The van der Waals surface area contributed by atoms with Gasteiger partial charge in [0.1, 0.15) is 4.90 Å². The molecule has 0 unspecified atom stereocenters. The Labute approximate surface area is 173 Å². The van der Waals surface area contributed by atoms with Gasteiger partial charge in [-0.3, -0.25) is 9.78 Å². The van der Waals surface area contributed by atoms with E-state index in [9.17, 15) is 13.2 Å². The van der Waals surface area contributed by atoms with Crippen LogP contribution in [0, 0.1) is 19.8 Å². The molecular formula is C20H22N4O3S2. The third-order valence-corrected chi connectivity index (χ3v) is 8.15. The molecule has 0 radical (unpaired) electrons. The predicted molar refractivity (Wildman–Crippen MR) is 113 cm³/mol. The molecule has 29 heavy (non-hydrogen) atoms. The molecule has 3 aromatic rings. The smallest absolute Gasteiger partial charge is 0.244 e. The number of rotatable bonds is 4. The summed E-state index contributed by atoms with van der Waals surface area (Å²) in [5.41, 5.74) is 3.17. The number of fused-ring (bicyclic) bond motifs is 1. The average Bonchev–Trinajstić information content (AvgIpc) is 3.11. The zero-order valence-electron chi connectivity index (χ0n) is 16.3. The zero-order chi connectivity index (χ0) is 20.6. The van der Waals surface area contributed by atoms with Gasteiger partial charge >= 0.3 is 0 Å². The third-order valence-electron chi connectivity index (χ3n) is 5.15. The van der Waals surface area contributed by atoms with Gasteiger partial charge in [-0.15, -0.1) is 0 Å². The fourth-order valence-electron chi connectivity index (χ4n) is 3.64. The number of nitrogens with one attached hydrogen (secondary N) is 1. The monoisotopic (exact) mass is 430 g/mol.